The lowest BCUT2D eigenvalue weighted by molar-refractivity contribution is -0.160. The van der Waals surface area contributed by atoms with Crippen LogP contribution >= 0.6 is 0 Å². The van der Waals surface area contributed by atoms with Gasteiger partial charge in [-0.15, -0.1) is 0 Å². The molecular formula is C16H23NO4. The van der Waals surface area contributed by atoms with E-state index in [4.69, 9.17) is 4.74 Å². The van der Waals surface area contributed by atoms with Gasteiger partial charge in [0.25, 0.3) is 0 Å². The van der Waals surface area contributed by atoms with Crippen LogP contribution < -0.4 is 5.32 Å². The van der Waals surface area contributed by atoms with Crippen molar-refractivity contribution in [1.29, 1.82) is 0 Å². The van der Waals surface area contributed by atoms with Gasteiger partial charge in [-0.3, -0.25) is 14.9 Å². The van der Waals surface area contributed by atoms with Crippen LogP contribution in [0, 0.1) is 0 Å². The molecule has 1 atom stereocenters. The van der Waals surface area contributed by atoms with Crippen molar-refractivity contribution in [2.75, 3.05) is 7.11 Å². The van der Waals surface area contributed by atoms with Crippen molar-refractivity contribution < 1.29 is 19.1 Å². The Kier molecular flexibility index (Phi) is 6.37. The number of rotatable bonds is 6. The van der Waals surface area contributed by atoms with Gasteiger partial charge in [0.15, 0.2) is 0 Å². The summed E-state index contributed by atoms with van der Waals surface area (Å²) in [6.45, 7) is 5.84. The molecule has 21 heavy (non-hydrogen) atoms. The summed E-state index contributed by atoms with van der Waals surface area (Å²) < 4.78 is 9.95. The lowest BCUT2D eigenvalue weighted by atomic mass is 10.1. The van der Waals surface area contributed by atoms with E-state index in [1.165, 1.54) is 7.11 Å². The van der Waals surface area contributed by atoms with Crippen LogP contribution in [0.15, 0.2) is 30.3 Å². The Hall–Kier alpha value is -1.88. The third kappa shape index (κ3) is 6.90. The first-order valence-electron chi connectivity index (χ1n) is 6.89. The maximum absolute atomic E-state index is 12.1. The zero-order valence-corrected chi connectivity index (χ0v) is 13.0. The topological polar surface area (TPSA) is 64.6 Å². The number of carbonyl (C=O) groups excluding carboxylic acids is 2. The van der Waals surface area contributed by atoms with E-state index in [1.54, 1.807) is 20.8 Å². The van der Waals surface area contributed by atoms with Gasteiger partial charge < -0.3 is 9.47 Å². The molecule has 0 saturated heterocycles. The van der Waals surface area contributed by atoms with E-state index < -0.39 is 23.6 Å². The van der Waals surface area contributed by atoms with Crippen molar-refractivity contribution in [2.24, 2.45) is 0 Å². The number of ether oxygens (including phenoxy) is 2. The smallest absolute Gasteiger partial charge is 0.324 e. The number of methoxy groups -OCH3 is 1. The van der Waals surface area contributed by atoms with Crippen LogP contribution in [0.25, 0.3) is 0 Å². The maximum atomic E-state index is 12.1. The van der Waals surface area contributed by atoms with Gasteiger partial charge in [-0.25, -0.2) is 0 Å². The third-order valence-electron chi connectivity index (χ3n) is 2.69. The first-order valence-corrected chi connectivity index (χ1v) is 6.89. The summed E-state index contributed by atoms with van der Waals surface area (Å²) in [6.07, 6.45) is -0.0573. The van der Waals surface area contributed by atoms with E-state index in [1.807, 2.05) is 30.3 Å². The van der Waals surface area contributed by atoms with Crippen LogP contribution in [0.4, 0.5) is 0 Å². The number of hydrogen-bond acceptors (Lipinski definition) is 5. The molecular weight excluding hydrogens is 270 g/mol. The molecule has 1 aromatic rings. The van der Waals surface area contributed by atoms with E-state index in [2.05, 4.69) is 10.1 Å². The molecule has 0 radical (unpaired) electrons. The molecule has 1 N–H and O–H groups in total. The minimum Gasteiger partial charge on any atom is -0.469 e. The van der Waals surface area contributed by atoms with Crippen LogP contribution in [0.3, 0.4) is 0 Å². The van der Waals surface area contributed by atoms with Gasteiger partial charge in [-0.2, -0.15) is 0 Å². The van der Waals surface area contributed by atoms with Gasteiger partial charge in [-0.05, 0) is 26.3 Å². The summed E-state index contributed by atoms with van der Waals surface area (Å²) in [7, 11) is 1.30. The minimum atomic E-state index is -0.725. The zero-order chi connectivity index (χ0) is 15.9. The first-order chi connectivity index (χ1) is 9.81. The first kappa shape index (κ1) is 17.2. The van der Waals surface area contributed by atoms with Crippen molar-refractivity contribution in [1.82, 2.24) is 5.32 Å². The lowest BCUT2D eigenvalue weighted by Gasteiger charge is -2.24. The monoisotopic (exact) mass is 293 g/mol. The Labute approximate surface area is 125 Å². The Morgan fingerprint density at radius 2 is 1.81 bits per heavy atom. The van der Waals surface area contributed by atoms with E-state index >= 15 is 0 Å². The summed E-state index contributed by atoms with van der Waals surface area (Å²) in [5, 5.41) is 3.05. The van der Waals surface area contributed by atoms with Crippen LogP contribution in [0.5, 0.6) is 0 Å². The average molecular weight is 293 g/mol. The lowest BCUT2D eigenvalue weighted by Crippen LogP contribution is -2.42. The van der Waals surface area contributed by atoms with Gasteiger partial charge in [0, 0.05) is 6.54 Å². The van der Waals surface area contributed by atoms with Crippen molar-refractivity contribution in [3.05, 3.63) is 35.9 Å². The zero-order valence-electron chi connectivity index (χ0n) is 13.0. The molecule has 0 aliphatic heterocycles. The summed E-state index contributed by atoms with van der Waals surface area (Å²) in [4.78, 5) is 23.6. The second-order valence-corrected chi connectivity index (χ2v) is 5.73. The van der Waals surface area contributed by atoms with Gasteiger partial charge in [0.1, 0.15) is 11.6 Å². The second-order valence-electron chi connectivity index (χ2n) is 5.73. The molecule has 0 aliphatic carbocycles. The molecule has 0 bridgehead atoms. The SMILES string of the molecule is COC(=O)C[C@H](NCc1ccccc1)C(=O)OC(C)(C)C. The molecule has 116 valence electrons. The molecule has 0 fully saturated rings. The van der Waals surface area contributed by atoms with Crippen LogP contribution in [0.1, 0.15) is 32.8 Å². The van der Waals surface area contributed by atoms with E-state index in [0.717, 1.165) is 5.56 Å². The van der Waals surface area contributed by atoms with Crippen molar-refractivity contribution in [2.45, 2.75) is 45.4 Å². The highest BCUT2D eigenvalue weighted by molar-refractivity contribution is 5.82. The van der Waals surface area contributed by atoms with E-state index in [0.29, 0.717) is 6.54 Å². The molecule has 1 rings (SSSR count). The predicted octanol–water partition coefficient (Wildman–Crippen LogP) is 2.05. The van der Waals surface area contributed by atoms with Gasteiger partial charge in [-0.1, -0.05) is 30.3 Å². The van der Waals surface area contributed by atoms with Crippen molar-refractivity contribution >= 4 is 11.9 Å². The molecule has 5 nitrogen and oxygen atoms in total. The number of hydrogen-bond donors (Lipinski definition) is 1. The molecule has 0 heterocycles. The molecule has 5 heteroatoms. The fourth-order valence-electron chi connectivity index (χ4n) is 1.70. The summed E-state index contributed by atoms with van der Waals surface area (Å²) in [6, 6.07) is 8.91. The van der Waals surface area contributed by atoms with E-state index in [9.17, 15) is 9.59 Å². The predicted molar refractivity (Wildman–Crippen MR) is 79.5 cm³/mol. The highest BCUT2D eigenvalue weighted by Gasteiger charge is 2.27. The minimum absolute atomic E-state index is 0.0573. The number of nitrogens with one attached hydrogen (secondary N) is 1. The third-order valence-corrected chi connectivity index (χ3v) is 2.69. The molecule has 0 aromatic heterocycles. The molecule has 0 spiro atoms. The summed E-state index contributed by atoms with van der Waals surface area (Å²) in [5.41, 5.74) is 0.427. The fourth-order valence-corrected chi connectivity index (χ4v) is 1.70. The standard InChI is InChI=1S/C16H23NO4/c1-16(2,3)21-15(19)13(10-14(18)20-4)17-11-12-8-6-5-7-9-12/h5-9,13,17H,10-11H2,1-4H3/t13-/m0/s1. The molecule has 1 aromatic carbocycles. The Morgan fingerprint density at radius 1 is 1.19 bits per heavy atom. The van der Waals surface area contributed by atoms with Crippen LogP contribution in [-0.2, 0) is 25.6 Å². The Bertz CT molecular complexity index is 465. The maximum Gasteiger partial charge on any atom is 0.324 e. The Morgan fingerprint density at radius 3 is 2.33 bits per heavy atom. The molecule has 0 amide bonds. The quantitative estimate of drug-likeness (QED) is 0.813. The highest BCUT2D eigenvalue weighted by atomic mass is 16.6. The molecule has 0 aliphatic rings. The van der Waals surface area contributed by atoms with Crippen LogP contribution in [-0.4, -0.2) is 30.7 Å². The van der Waals surface area contributed by atoms with Crippen molar-refractivity contribution in [3.63, 3.8) is 0 Å². The fraction of sp³-hybridized carbons (Fsp3) is 0.500. The number of carbonyl (C=O) groups is 2. The molecule has 0 unspecified atom stereocenters. The molecule has 0 saturated carbocycles. The second kappa shape index (κ2) is 7.78. The average Bonchev–Trinajstić information content (AvgIpc) is 2.42. The highest BCUT2D eigenvalue weighted by Crippen LogP contribution is 2.11. The number of benzene rings is 1. The normalized spacial score (nSPS) is 12.6. The summed E-state index contributed by atoms with van der Waals surface area (Å²) in [5.74, 6) is -0.907. The van der Waals surface area contributed by atoms with Crippen LogP contribution in [0.2, 0.25) is 0 Å². The largest absolute Gasteiger partial charge is 0.469 e. The van der Waals surface area contributed by atoms with Gasteiger partial charge >= 0.3 is 11.9 Å². The Balaban J connectivity index is 2.68. The van der Waals surface area contributed by atoms with Crippen molar-refractivity contribution in [3.8, 4) is 0 Å². The van der Waals surface area contributed by atoms with Gasteiger partial charge in [0.05, 0.1) is 13.5 Å². The van der Waals surface area contributed by atoms with E-state index in [-0.39, 0.29) is 6.42 Å². The summed E-state index contributed by atoms with van der Waals surface area (Å²) >= 11 is 0. The number of esters is 2. The van der Waals surface area contributed by atoms with Gasteiger partial charge in [0.2, 0.25) is 0 Å².